The Labute approximate surface area is 150 Å². The second-order valence-corrected chi connectivity index (χ2v) is 7.54. The molecule has 2 saturated carbocycles. The SMILES string of the molecule is N#Cc1ccc2c(c1)C(=NC1CCCCC1)C(=NC1CCCCC1)N2. The highest BCUT2D eigenvalue weighted by atomic mass is 15.1. The van der Waals surface area contributed by atoms with Gasteiger partial charge in [0.25, 0.3) is 0 Å². The van der Waals surface area contributed by atoms with Gasteiger partial charge >= 0.3 is 0 Å². The summed E-state index contributed by atoms with van der Waals surface area (Å²) in [5.74, 6) is 0.933. The van der Waals surface area contributed by atoms with Gasteiger partial charge in [-0.05, 0) is 43.9 Å². The molecule has 1 heterocycles. The van der Waals surface area contributed by atoms with Crippen LogP contribution in [0.25, 0.3) is 0 Å². The van der Waals surface area contributed by atoms with Crippen molar-refractivity contribution in [1.29, 1.82) is 5.26 Å². The van der Waals surface area contributed by atoms with Gasteiger partial charge in [-0.3, -0.25) is 9.98 Å². The molecular weight excluding hydrogens is 308 g/mol. The minimum Gasteiger partial charge on any atom is -0.338 e. The summed E-state index contributed by atoms with van der Waals surface area (Å²) < 4.78 is 0. The fourth-order valence-electron chi connectivity index (χ4n) is 4.24. The van der Waals surface area contributed by atoms with E-state index in [2.05, 4.69) is 11.4 Å². The maximum absolute atomic E-state index is 9.26. The van der Waals surface area contributed by atoms with Crippen LogP contribution >= 0.6 is 0 Å². The summed E-state index contributed by atoms with van der Waals surface area (Å²) in [7, 11) is 0. The number of amidine groups is 1. The lowest BCUT2D eigenvalue weighted by atomic mass is 9.95. The lowest BCUT2D eigenvalue weighted by Gasteiger charge is -2.20. The van der Waals surface area contributed by atoms with Crippen molar-refractivity contribution in [2.45, 2.75) is 76.3 Å². The van der Waals surface area contributed by atoms with Crippen LogP contribution in [0.15, 0.2) is 28.2 Å². The van der Waals surface area contributed by atoms with Crippen LogP contribution in [0.1, 0.15) is 75.3 Å². The molecule has 0 saturated heterocycles. The molecule has 25 heavy (non-hydrogen) atoms. The van der Waals surface area contributed by atoms with E-state index in [0.29, 0.717) is 17.6 Å². The lowest BCUT2D eigenvalue weighted by Crippen LogP contribution is -2.23. The fraction of sp³-hybridized carbons (Fsp3) is 0.571. The van der Waals surface area contributed by atoms with Crippen molar-refractivity contribution < 1.29 is 0 Å². The van der Waals surface area contributed by atoms with E-state index in [1.165, 1.54) is 64.2 Å². The molecule has 1 N–H and O–H groups in total. The van der Waals surface area contributed by atoms with Crippen molar-refractivity contribution in [2.75, 3.05) is 5.32 Å². The van der Waals surface area contributed by atoms with E-state index in [4.69, 9.17) is 9.98 Å². The van der Waals surface area contributed by atoms with Gasteiger partial charge in [0.1, 0.15) is 5.71 Å². The predicted molar refractivity (Wildman–Crippen MR) is 102 cm³/mol. The number of nitrogens with zero attached hydrogens (tertiary/aromatic N) is 3. The van der Waals surface area contributed by atoms with Crippen LogP contribution in [-0.2, 0) is 0 Å². The Hall–Kier alpha value is -2.15. The van der Waals surface area contributed by atoms with E-state index in [-0.39, 0.29) is 0 Å². The van der Waals surface area contributed by atoms with Gasteiger partial charge < -0.3 is 5.32 Å². The van der Waals surface area contributed by atoms with E-state index in [1.54, 1.807) is 0 Å². The first-order chi connectivity index (χ1) is 12.3. The number of hydrogen-bond acceptors (Lipinski definition) is 3. The molecule has 2 aliphatic carbocycles. The van der Waals surface area contributed by atoms with E-state index in [1.807, 2.05) is 18.2 Å². The Bertz CT molecular complexity index is 729. The van der Waals surface area contributed by atoms with Gasteiger partial charge in [0.15, 0.2) is 5.84 Å². The Morgan fingerprint density at radius 1 is 0.880 bits per heavy atom. The van der Waals surface area contributed by atoms with Crippen LogP contribution in [0.4, 0.5) is 5.69 Å². The summed E-state index contributed by atoms with van der Waals surface area (Å²) in [4.78, 5) is 10.2. The zero-order chi connectivity index (χ0) is 17.1. The number of hydrogen-bond donors (Lipinski definition) is 1. The van der Waals surface area contributed by atoms with Gasteiger partial charge in [-0.1, -0.05) is 38.5 Å². The van der Waals surface area contributed by atoms with E-state index >= 15 is 0 Å². The third kappa shape index (κ3) is 3.61. The Morgan fingerprint density at radius 3 is 2.16 bits per heavy atom. The molecule has 1 aromatic rings. The van der Waals surface area contributed by atoms with Gasteiger partial charge in [-0.25, -0.2) is 0 Å². The minimum atomic E-state index is 0.402. The van der Waals surface area contributed by atoms with Crippen LogP contribution in [0, 0.1) is 11.3 Å². The second-order valence-electron chi connectivity index (χ2n) is 7.54. The number of nitriles is 1. The van der Waals surface area contributed by atoms with Crippen LogP contribution in [0.2, 0.25) is 0 Å². The van der Waals surface area contributed by atoms with Crippen molar-refractivity contribution in [3.8, 4) is 6.07 Å². The van der Waals surface area contributed by atoms with Crippen LogP contribution in [0.3, 0.4) is 0 Å². The molecule has 4 nitrogen and oxygen atoms in total. The van der Waals surface area contributed by atoms with Gasteiger partial charge in [0, 0.05) is 11.3 Å². The predicted octanol–water partition coefficient (Wildman–Crippen LogP) is 4.84. The maximum Gasteiger partial charge on any atom is 0.152 e. The molecule has 0 atom stereocenters. The number of rotatable bonds is 2. The Morgan fingerprint density at radius 2 is 1.52 bits per heavy atom. The maximum atomic E-state index is 9.26. The lowest BCUT2D eigenvalue weighted by molar-refractivity contribution is 0.442. The van der Waals surface area contributed by atoms with Crippen LogP contribution in [0.5, 0.6) is 0 Å². The smallest absolute Gasteiger partial charge is 0.152 e. The van der Waals surface area contributed by atoms with Crippen molar-refractivity contribution in [2.24, 2.45) is 9.98 Å². The summed E-state index contributed by atoms with van der Waals surface area (Å²) in [5, 5.41) is 12.7. The third-order valence-corrected chi connectivity index (χ3v) is 5.65. The van der Waals surface area contributed by atoms with E-state index in [0.717, 1.165) is 22.8 Å². The number of fused-ring (bicyclic) bond motifs is 1. The highest BCUT2D eigenvalue weighted by molar-refractivity contribution is 6.56. The zero-order valence-electron chi connectivity index (χ0n) is 14.8. The number of anilines is 1. The van der Waals surface area contributed by atoms with Crippen LogP contribution in [-0.4, -0.2) is 23.6 Å². The van der Waals surface area contributed by atoms with Crippen molar-refractivity contribution in [1.82, 2.24) is 0 Å². The molecule has 0 amide bonds. The van der Waals surface area contributed by atoms with Crippen LogP contribution < -0.4 is 5.32 Å². The zero-order valence-corrected chi connectivity index (χ0v) is 14.8. The molecule has 0 unspecified atom stereocenters. The highest BCUT2D eigenvalue weighted by Gasteiger charge is 2.27. The highest BCUT2D eigenvalue weighted by Crippen LogP contribution is 2.29. The first-order valence-electron chi connectivity index (χ1n) is 9.81. The topological polar surface area (TPSA) is 60.5 Å². The standard InChI is InChI=1S/C21H26N4/c22-14-15-11-12-19-18(13-15)20(23-16-7-3-1-4-8-16)21(25-19)24-17-9-5-2-6-10-17/h11-13,16-17H,1-10H2,(H,23,24,25). The van der Waals surface area contributed by atoms with E-state index < -0.39 is 0 Å². The van der Waals surface area contributed by atoms with E-state index in [9.17, 15) is 5.26 Å². The number of aliphatic imine (C=N–C) groups is 2. The van der Waals surface area contributed by atoms with Gasteiger partial charge in [-0.2, -0.15) is 5.26 Å². The molecule has 0 radical (unpaired) electrons. The fourth-order valence-corrected chi connectivity index (χ4v) is 4.24. The first kappa shape index (κ1) is 16.3. The molecule has 0 aromatic heterocycles. The molecule has 2 fully saturated rings. The van der Waals surface area contributed by atoms with Gasteiger partial charge in [0.05, 0.1) is 23.7 Å². The van der Waals surface area contributed by atoms with Crippen molar-refractivity contribution >= 4 is 17.2 Å². The molecule has 1 aliphatic heterocycles. The Kier molecular flexibility index (Phi) is 4.83. The van der Waals surface area contributed by atoms with Gasteiger partial charge in [0.2, 0.25) is 0 Å². The number of nitrogens with one attached hydrogen (secondary N) is 1. The average Bonchev–Trinajstić information content (AvgIpc) is 3.00. The summed E-state index contributed by atoms with van der Waals surface area (Å²) in [6.45, 7) is 0. The molecule has 3 aliphatic rings. The largest absolute Gasteiger partial charge is 0.338 e. The minimum absolute atomic E-state index is 0.402. The molecule has 0 bridgehead atoms. The summed E-state index contributed by atoms with van der Waals surface area (Å²) in [6.07, 6.45) is 12.5. The number of benzene rings is 1. The van der Waals surface area contributed by atoms with Crippen molar-refractivity contribution in [3.63, 3.8) is 0 Å². The second kappa shape index (κ2) is 7.39. The average molecular weight is 334 g/mol. The molecule has 4 heteroatoms. The molecule has 1 aromatic carbocycles. The molecule has 0 spiro atoms. The molecular formula is C21H26N4. The monoisotopic (exact) mass is 334 g/mol. The third-order valence-electron chi connectivity index (χ3n) is 5.65. The molecule has 130 valence electrons. The van der Waals surface area contributed by atoms with Crippen molar-refractivity contribution in [3.05, 3.63) is 29.3 Å². The quantitative estimate of drug-likeness (QED) is 0.841. The van der Waals surface area contributed by atoms with Gasteiger partial charge in [-0.15, -0.1) is 0 Å². The normalized spacial score (nSPS) is 24.9. The summed E-state index contributed by atoms with van der Waals surface area (Å²) >= 11 is 0. The Balaban J connectivity index is 1.69. The summed E-state index contributed by atoms with van der Waals surface area (Å²) in [6, 6.07) is 8.90. The summed E-state index contributed by atoms with van der Waals surface area (Å²) in [5.41, 5.74) is 3.78. The first-order valence-corrected chi connectivity index (χ1v) is 9.81. The molecule has 4 rings (SSSR count).